The van der Waals surface area contributed by atoms with E-state index in [0.29, 0.717) is 24.9 Å². The molecule has 1 amide bonds. The number of nitrogens with zero attached hydrogens (tertiary/aromatic N) is 2. The molecule has 0 saturated heterocycles. The number of carbonyl (C=O) groups is 1. The van der Waals surface area contributed by atoms with E-state index in [9.17, 15) is 4.79 Å². The number of imidazole rings is 1. The lowest BCUT2D eigenvalue weighted by molar-refractivity contribution is -0.121. The van der Waals surface area contributed by atoms with Gasteiger partial charge in [-0.05, 0) is 37.5 Å². The van der Waals surface area contributed by atoms with Gasteiger partial charge < -0.3 is 9.88 Å². The minimum atomic E-state index is 0.128. The quantitative estimate of drug-likeness (QED) is 0.834. The smallest absolute Gasteiger partial charge is 0.222 e. The normalized spacial score (nSPS) is 14.6. The third-order valence-corrected chi connectivity index (χ3v) is 3.99. The first kappa shape index (κ1) is 14.4. The van der Waals surface area contributed by atoms with Crippen LogP contribution in [0.1, 0.15) is 30.7 Å². The monoisotopic (exact) mass is 305 g/mol. The van der Waals surface area contributed by atoms with E-state index >= 15 is 0 Å². The number of aromatic nitrogens is 2. The Kier molecular flexibility index (Phi) is 4.15. The van der Waals surface area contributed by atoms with Crippen molar-refractivity contribution in [2.75, 3.05) is 5.88 Å². The average molecular weight is 306 g/mol. The molecule has 0 aliphatic heterocycles. The summed E-state index contributed by atoms with van der Waals surface area (Å²) >= 11 is 5.87. The first-order valence-corrected chi connectivity index (χ1v) is 8.02. The van der Waals surface area contributed by atoms with Gasteiger partial charge in [0.05, 0.1) is 11.0 Å². The first-order valence-electron chi connectivity index (χ1n) is 7.48. The number of rotatable bonds is 6. The van der Waals surface area contributed by atoms with Gasteiger partial charge in [-0.2, -0.15) is 0 Å². The second kappa shape index (κ2) is 6.06. The lowest BCUT2D eigenvalue weighted by Gasteiger charge is -2.09. The maximum absolute atomic E-state index is 11.9. The summed E-state index contributed by atoms with van der Waals surface area (Å²) in [7, 11) is 0. The molecule has 5 heteroatoms. The van der Waals surface area contributed by atoms with Crippen LogP contribution in [-0.2, 0) is 17.8 Å². The van der Waals surface area contributed by atoms with Crippen molar-refractivity contribution >= 4 is 28.5 Å². The van der Waals surface area contributed by atoms with Gasteiger partial charge in [-0.1, -0.05) is 6.07 Å². The van der Waals surface area contributed by atoms with Crippen LogP contribution in [0.5, 0.6) is 0 Å². The highest BCUT2D eigenvalue weighted by Gasteiger charge is 2.23. The fourth-order valence-electron chi connectivity index (χ4n) is 2.56. The van der Waals surface area contributed by atoms with Gasteiger partial charge in [-0.3, -0.25) is 4.79 Å². The van der Waals surface area contributed by atoms with E-state index < -0.39 is 0 Å². The highest BCUT2D eigenvalue weighted by molar-refractivity contribution is 6.17. The number of hydrogen-bond donors (Lipinski definition) is 1. The van der Waals surface area contributed by atoms with Gasteiger partial charge in [0.2, 0.25) is 5.91 Å². The summed E-state index contributed by atoms with van der Waals surface area (Å²) in [5.74, 6) is 1.63. The summed E-state index contributed by atoms with van der Waals surface area (Å²) in [6.45, 7) is 2.72. The van der Waals surface area contributed by atoms with Crippen LogP contribution in [0.15, 0.2) is 18.2 Å². The summed E-state index contributed by atoms with van der Waals surface area (Å²) in [5, 5.41) is 3.03. The first-order chi connectivity index (χ1) is 10.2. The molecule has 0 spiro atoms. The van der Waals surface area contributed by atoms with Crippen LogP contribution in [0, 0.1) is 6.92 Å². The lowest BCUT2D eigenvalue weighted by Crippen LogP contribution is -2.26. The highest BCUT2D eigenvalue weighted by atomic mass is 35.5. The standard InChI is InChI=1S/C16H20ClN3O/c1-11-2-5-14-13(10-11)19-15(6-8-17)20(14)9-7-16(21)18-12-3-4-12/h2,5,10,12H,3-4,6-9H2,1H3,(H,18,21). The number of halogens is 1. The van der Waals surface area contributed by atoms with Crippen molar-refractivity contribution in [3.8, 4) is 0 Å². The van der Waals surface area contributed by atoms with Crippen LogP contribution in [0.25, 0.3) is 11.0 Å². The number of carbonyl (C=O) groups excluding carboxylic acids is 1. The van der Waals surface area contributed by atoms with Crippen molar-refractivity contribution in [3.63, 3.8) is 0 Å². The highest BCUT2D eigenvalue weighted by Crippen LogP contribution is 2.20. The van der Waals surface area contributed by atoms with Gasteiger partial charge in [0.15, 0.2) is 0 Å². The summed E-state index contributed by atoms with van der Waals surface area (Å²) in [5.41, 5.74) is 3.26. The average Bonchev–Trinajstić information content (AvgIpc) is 3.18. The van der Waals surface area contributed by atoms with Crippen molar-refractivity contribution < 1.29 is 4.79 Å². The molecule has 1 N–H and O–H groups in total. The molecular formula is C16H20ClN3O. The largest absolute Gasteiger partial charge is 0.353 e. The number of amides is 1. The molecule has 21 heavy (non-hydrogen) atoms. The zero-order valence-electron chi connectivity index (χ0n) is 12.2. The maximum atomic E-state index is 11.9. The predicted molar refractivity (Wildman–Crippen MR) is 84.7 cm³/mol. The van der Waals surface area contributed by atoms with Crippen molar-refractivity contribution in [2.24, 2.45) is 0 Å². The minimum absolute atomic E-state index is 0.128. The van der Waals surface area contributed by atoms with E-state index in [2.05, 4.69) is 40.0 Å². The van der Waals surface area contributed by atoms with Crippen molar-refractivity contribution in [2.45, 2.75) is 45.2 Å². The van der Waals surface area contributed by atoms with Crippen molar-refractivity contribution in [1.82, 2.24) is 14.9 Å². The lowest BCUT2D eigenvalue weighted by atomic mass is 10.2. The molecule has 1 aromatic heterocycles. The molecule has 4 nitrogen and oxygen atoms in total. The number of alkyl halides is 1. The fraction of sp³-hybridized carbons (Fsp3) is 0.500. The molecule has 1 fully saturated rings. The van der Waals surface area contributed by atoms with E-state index in [0.717, 1.165) is 36.1 Å². The Morgan fingerprint density at radius 2 is 2.29 bits per heavy atom. The van der Waals surface area contributed by atoms with E-state index in [1.54, 1.807) is 0 Å². The summed E-state index contributed by atoms with van der Waals surface area (Å²) in [6.07, 6.45) is 3.46. The van der Waals surface area contributed by atoms with Crippen LogP contribution in [0.4, 0.5) is 0 Å². The predicted octanol–water partition coefficient (Wildman–Crippen LogP) is 2.79. The van der Waals surface area contributed by atoms with E-state index in [4.69, 9.17) is 11.6 Å². The molecule has 1 aliphatic carbocycles. The Morgan fingerprint density at radius 3 is 3.00 bits per heavy atom. The Hall–Kier alpha value is -1.55. The van der Waals surface area contributed by atoms with Gasteiger partial charge in [-0.25, -0.2) is 4.98 Å². The Morgan fingerprint density at radius 1 is 1.48 bits per heavy atom. The van der Waals surface area contributed by atoms with Crippen molar-refractivity contribution in [3.05, 3.63) is 29.6 Å². The van der Waals surface area contributed by atoms with Crippen molar-refractivity contribution in [1.29, 1.82) is 0 Å². The van der Waals surface area contributed by atoms with Gasteiger partial charge in [-0.15, -0.1) is 11.6 Å². The van der Waals surface area contributed by atoms with E-state index in [1.807, 2.05) is 0 Å². The number of hydrogen-bond acceptors (Lipinski definition) is 2. The molecular weight excluding hydrogens is 286 g/mol. The Labute approximate surface area is 129 Å². The molecule has 1 aliphatic rings. The fourth-order valence-corrected chi connectivity index (χ4v) is 2.72. The maximum Gasteiger partial charge on any atom is 0.222 e. The van der Waals surface area contributed by atoms with Crippen LogP contribution >= 0.6 is 11.6 Å². The van der Waals surface area contributed by atoms with Gasteiger partial charge >= 0.3 is 0 Å². The molecule has 1 heterocycles. The van der Waals surface area contributed by atoms with Gasteiger partial charge in [0.1, 0.15) is 5.82 Å². The van der Waals surface area contributed by atoms with Crippen LogP contribution in [0.2, 0.25) is 0 Å². The number of aryl methyl sites for hydroxylation is 3. The third-order valence-electron chi connectivity index (χ3n) is 3.81. The zero-order chi connectivity index (χ0) is 14.8. The zero-order valence-corrected chi connectivity index (χ0v) is 13.0. The SMILES string of the molecule is Cc1ccc2c(c1)nc(CCCl)n2CCC(=O)NC1CC1. The third kappa shape index (κ3) is 3.38. The van der Waals surface area contributed by atoms with Gasteiger partial charge in [0.25, 0.3) is 0 Å². The molecule has 2 aromatic rings. The second-order valence-corrected chi connectivity index (χ2v) is 6.08. The van der Waals surface area contributed by atoms with Crippen LogP contribution < -0.4 is 5.32 Å². The second-order valence-electron chi connectivity index (χ2n) is 5.70. The Balaban J connectivity index is 1.80. The minimum Gasteiger partial charge on any atom is -0.353 e. The van der Waals surface area contributed by atoms with Crippen LogP contribution in [-0.4, -0.2) is 27.4 Å². The molecule has 1 saturated carbocycles. The van der Waals surface area contributed by atoms with E-state index in [1.165, 1.54) is 5.56 Å². The molecule has 1 aromatic carbocycles. The van der Waals surface area contributed by atoms with Crippen LogP contribution in [0.3, 0.4) is 0 Å². The molecule has 112 valence electrons. The van der Waals surface area contributed by atoms with Gasteiger partial charge in [0, 0.05) is 31.3 Å². The molecule has 0 atom stereocenters. The van der Waals surface area contributed by atoms with E-state index in [-0.39, 0.29) is 5.91 Å². The molecule has 0 unspecified atom stereocenters. The molecule has 0 radical (unpaired) electrons. The number of benzene rings is 1. The molecule has 0 bridgehead atoms. The Bertz CT molecular complexity index is 661. The summed E-state index contributed by atoms with van der Waals surface area (Å²) < 4.78 is 2.13. The summed E-state index contributed by atoms with van der Waals surface area (Å²) in [4.78, 5) is 16.5. The summed E-state index contributed by atoms with van der Waals surface area (Å²) in [6, 6.07) is 6.65. The topological polar surface area (TPSA) is 46.9 Å². The number of nitrogens with one attached hydrogen (secondary N) is 1. The number of fused-ring (bicyclic) bond motifs is 1. The molecule has 3 rings (SSSR count).